The van der Waals surface area contributed by atoms with Crippen LogP contribution in [0.5, 0.6) is 0 Å². The summed E-state index contributed by atoms with van der Waals surface area (Å²) in [4.78, 5) is 37.1. The van der Waals surface area contributed by atoms with E-state index in [1.807, 2.05) is 81.4 Å². The minimum Gasteiger partial charge on any atom is -0.350 e. The smallest absolute Gasteiger partial charge is 0.278 e. The lowest BCUT2D eigenvalue weighted by Gasteiger charge is -2.15. The van der Waals surface area contributed by atoms with Gasteiger partial charge in [-0.2, -0.15) is 0 Å². The van der Waals surface area contributed by atoms with Crippen molar-refractivity contribution in [2.45, 2.75) is 32.3 Å². The summed E-state index contributed by atoms with van der Waals surface area (Å²) in [6.07, 6.45) is 0.591. The van der Waals surface area contributed by atoms with Crippen molar-refractivity contribution in [1.29, 1.82) is 0 Å². The molecule has 0 saturated carbocycles. The highest BCUT2D eigenvalue weighted by atomic mass is 32.2. The number of aryl methyl sites for hydroxylation is 3. The van der Waals surface area contributed by atoms with Crippen LogP contribution in [0.1, 0.15) is 22.5 Å². The SMILES string of the molecule is Cc1ccc(NC2=C(Sc3nc(C)cc(C)n3)C(=O)N(CCc3ccccc3)C2=O)cc1. The highest BCUT2D eigenvalue weighted by Crippen LogP contribution is 2.34. The minimum atomic E-state index is -0.335. The Hall–Kier alpha value is -3.45. The van der Waals surface area contributed by atoms with E-state index in [-0.39, 0.29) is 17.5 Å². The molecular formula is C25H24N4O2S. The first-order valence-electron chi connectivity index (χ1n) is 10.4. The molecule has 4 rings (SSSR count). The molecule has 1 aliphatic heterocycles. The fraction of sp³-hybridized carbons (Fsp3) is 0.200. The summed E-state index contributed by atoms with van der Waals surface area (Å²) in [5, 5.41) is 3.62. The predicted molar refractivity (Wildman–Crippen MR) is 126 cm³/mol. The van der Waals surface area contributed by atoms with Crippen LogP contribution < -0.4 is 5.32 Å². The Morgan fingerprint density at radius 2 is 1.53 bits per heavy atom. The maximum absolute atomic E-state index is 13.3. The number of anilines is 1. The van der Waals surface area contributed by atoms with Gasteiger partial charge < -0.3 is 5.32 Å². The Labute approximate surface area is 191 Å². The molecule has 0 unspecified atom stereocenters. The van der Waals surface area contributed by atoms with E-state index in [0.717, 1.165) is 40.0 Å². The third-order valence-electron chi connectivity index (χ3n) is 5.07. The molecule has 2 aromatic carbocycles. The van der Waals surface area contributed by atoms with Gasteiger partial charge in [-0.25, -0.2) is 9.97 Å². The molecule has 1 aliphatic rings. The number of amides is 2. The number of nitrogens with one attached hydrogen (secondary N) is 1. The van der Waals surface area contributed by atoms with Gasteiger partial charge in [0.15, 0.2) is 5.16 Å². The highest BCUT2D eigenvalue weighted by molar-refractivity contribution is 8.04. The maximum atomic E-state index is 13.3. The summed E-state index contributed by atoms with van der Waals surface area (Å²) < 4.78 is 0. The lowest BCUT2D eigenvalue weighted by atomic mass is 10.1. The number of hydrogen-bond donors (Lipinski definition) is 1. The van der Waals surface area contributed by atoms with Gasteiger partial charge in [-0.15, -0.1) is 0 Å². The number of imide groups is 1. The molecule has 0 saturated heterocycles. The Morgan fingerprint density at radius 1 is 0.875 bits per heavy atom. The van der Waals surface area contributed by atoms with Crippen molar-refractivity contribution < 1.29 is 9.59 Å². The highest BCUT2D eigenvalue weighted by Gasteiger charge is 2.39. The average Bonchev–Trinajstić information content (AvgIpc) is 2.97. The van der Waals surface area contributed by atoms with Gasteiger partial charge in [0.25, 0.3) is 11.8 Å². The first kappa shape index (κ1) is 21.8. The molecule has 0 fully saturated rings. The summed E-state index contributed by atoms with van der Waals surface area (Å²) in [7, 11) is 0. The fourth-order valence-corrected chi connectivity index (χ4v) is 4.46. The standard InChI is InChI=1S/C25H24N4O2S/c1-16-9-11-20(12-10-16)28-21-22(32-25-26-17(2)15-18(3)27-25)24(31)29(23(21)30)14-13-19-7-5-4-6-8-19/h4-12,15,28H,13-14H2,1-3H3. The van der Waals surface area contributed by atoms with Crippen molar-refractivity contribution in [2.75, 3.05) is 11.9 Å². The van der Waals surface area contributed by atoms with E-state index in [4.69, 9.17) is 0 Å². The monoisotopic (exact) mass is 444 g/mol. The quantitative estimate of drug-likeness (QED) is 0.429. The van der Waals surface area contributed by atoms with Gasteiger partial charge in [-0.05, 0) is 62.7 Å². The van der Waals surface area contributed by atoms with Crippen molar-refractivity contribution in [2.24, 2.45) is 0 Å². The van der Waals surface area contributed by atoms with E-state index in [1.54, 1.807) is 0 Å². The first-order chi connectivity index (χ1) is 15.4. The molecule has 3 aromatic rings. The van der Waals surface area contributed by atoms with Crippen LogP contribution in [-0.4, -0.2) is 33.2 Å². The molecule has 2 amide bonds. The summed E-state index contributed by atoms with van der Waals surface area (Å²) in [6, 6.07) is 19.4. The molecule has 0 spiro atoms. The Balaban J connectivity index is 1.63. The second kappa shape index (κ2) is 9.36. The molecule has 1 N–H and O–H groups in total. The third kappa shape index (κ3) is 4.89. The Bertz CT molecular complexity index is 1170. The van der Waals surface area contributed by atoms with Crippen molar-refractivity contribution in [3.8, 4) is 0 Å². The zero-order chi connectivity index (χ0) is 22.7. The summed E-state index contributed by atoms with van der Waals surface area (Å²) in [6.45, 7) is 6.06. The van der Waals surface area contributed by atoms with Crippen molar-refractivity contribution >= 4 is 29.3 Å². The number of carbonyl (C=O) groups is 2. The van der Waals surface area contributed by atoms with E-state index < -0.39 is 0 Å². The largest absolute Gasteiger partial charge is 0.350 e. The molecule has 32 heavy (non-hydrogen) atoms. The summed E-state index contributed by atoms with van der Waals surface area (Å²) in [5.74, 6) is -0.660. The lowest BCUT2D eigenvalue weighted by Crippen LogP contribution is -2.34. The molecule has 162 valence electrons. The van der Waals surface area contributed by atoms with Crippen LogP contribution in [0.3, 0.4) is 0 Å². The van der Waals surface area contributed by atoms with Crippen LogP contribution in [0.15, 0.2) is 76.4 Å². The first-order valence-corrected chi connectivity index (χ1v) is 11.2. The molecule has 7 heteroatoms. The molecule has 1 aromatic heterocycles. The van der Waals surface area contributed by atoms with Crippen molar-refractivity contribution in [1.82, 2.24) is 14.9 Å². The number of benzene rings is 2. The topological polar surface area (TPSA) is 75.2 Å². The molecule has 6 nitrogen and oxygen atoms in total. The van der Waals surface area contributed by atoms with E-state index in [1.165, 1.54) is 4.90 Å². The molecule has 0 aliphatic carbocycles. The summed E-state index contributed by atoms with van der Waals surface area (Å²) >= 11 is 1.13. The van der Waals surface area contributed by atoms with Crippen LogP contribution in [0.25, 0.3) is 0 Å². The molecular weight excluding hydrogens is 420 g/mol. The Morgan fingerprint density at radius 3 is 2.19 bits per heavy atom. The second-order valence-electron chi connectivity index (χ2n) is 7.73. The van der Waals surface area contributed by atoms with E-state index in [9.17, 15) is 9.59 Å². The summed E-state index contributed by atoms with van der Waals surface area (Å²) in [5.41, 5.74) is 4.81. The van der Waals surface area contributed by atoms with Gasteiger partial charge in [-0.1, -0.05) is 48.0 Å². The van der Waals surface area contributed by atoms with Crippen LogP contribution in [0.4, 0.5) is 5.69 Å². The molecule has 2 heterocycles. The van der Waals surface area contributed by atoms with E-state index in [0.29, 0.717) is 23.0 Å². The second-order valence-corrected chi connectivity index (χ2v) is 8.71. The molecule has 0 bridgehead atoms. The lowest BCUT2D eigenvalue weighted by molar-refractivity contribution is -0.137. The average molecular weight is 445 g/mol. The van der Waals surface area contributed by atoms with Crippen LogP contribution in [-0.2, 0) is 16.0 Å². The predicted octanol–water partition coefficient (Wildman–Crippen LogP) is 4.43. The zero-order valence-corrected chi connectivity index (χ0v) is 19.1. The third-order valence-corrected chi connectivity index (χ3v) is 6.02. The normalized spacial score (nSPS) is 13.8. The van der Waals surface area contributed by atoms with Crippen LogP contribution in [0, 0.1) is 20.8 Å². The maximum Gasteiger partial charge on any atom is 0.278 e. The zero-order valence-electron chi connectivity index (χ0n) is 18.3. The van der Waals surface area contributed by atoms with E-state index in [2.05, 4.69) is 15.3 Å². The van der Waals surface area contributed by atoms with E-state index >= 15 is 0 Å². The number of thioether (sulfide) groups is 1. The van der Waals surface area contributed by atoms with Crippen molar-refractivity contribution in [3.63, 3.8) is 0 Å². The number of carbonyl (C=O) groups excluding carboxylic acids is 2. The molecule has 0 atom stereocenters. The van der Waals surface area contributed by atoms with Crippen molar-refractivity contribution in [3.05, 3.63) is 93.8 Å². The van der Waals surface area contributed by atoms with Gasteiger partial charge in [0.05, 0.1) is 0 Å². The van der Waals surface area contributed by atoms with Crippen LogP contribution in [0.2, 0.25) is 0 Å². The van der Waals surface area contributed by atoms with Gasteiger partial charge >= 0.3 is 0 Å². The van der Waals surface area contributed by atoms with Gasteiger partial charge in [0.2, 0.25) is 0 Å². The molecule has 0 radical (unpaired) electrons. The Kier molecular flexibility index (Phi) is 6.37. The van der Waals surface area contributed by atoms with Gasteiger partial charge in [0, 0.05) is 23.6 Å². The number of nitrogens with zero attached hydrogens (tertiary/aromatic N) is 3. The van der Waals surface area contributed by atoms with Crippen LogP contribution >= 0.6 is 11.8 Å². The van der Waals surface area contributed by atoms with Gasteiger partial charge in [0.1, 0.15) is 10.6 Å². The minimum absolute atomic E-state index is 0.264. The number of rotatable bonds is 7. The number of hydrogen-bond acceptors (Lipinski definition) is 6. The number of aromatic nitrogens is 2. The van der Waals surface area contributed by atoms with Gasteiger partial charge in [-0.3, -0.25) is 14.5 Å². The fourth-order valence-electron chi connectivity index (χ4n) is 3.46.